The number of esters is 1. The molecule has 0 aromatic carbocycles. The summed E-state index contributed by atoms with van der Waals surface area (Å²) in [4.78, 5) is 11.2. The van der Waals surface area contributed by atoms with E-state index in [9.17, 15) is 4.79 Å². The van der Waals surface area contributed by atoms with Gasteiger partial charge in [0, 0.05) is 0 Å². The Hall–Kier alpha value is -1.31. The zero-order valence-corrected chi connectivity index (χ0v) is 7.82. The molecule has 0 N–H and O–H groups in total. The molecule has 0 spiro atoms. The van der Waals surface area contributed by atoms with Gasteiger partial charge in [-0.15, -0.1) is 6.58 Å². The molecule has 1 aliphatic rings. The van der Waals surface area contributed by atoms with Crippen LogP contribution >= 0.6 is 0 Å². The molecule has 2 nitrogen and oxygen atoms in total. The highest BCUT2D eigenvalue weighted by Gasteiger charge is 2.22. The second-order valence-electron chi connectivity index (χ2n) is 2.93. The molecule has 0 saturated carbocycles. The molecule has 0 saturated heterocycles. The number of carbonyl (C=O) groups is 1. The first-order valence-electron chi connectivity index (χ1n) is 4.44. The lowest BCUT2D eigenvalue weighted by atomic mass is 10.1. The summed E-state index contributed by atoms with van der Waals surface area (Å²) in [6, 6.07) is 0. The van der Waals surface area contributed by atoms with Crippen molar-refractivity contribution in [3.63, 3.8) is 0 Å². The minimum atomic E-state index is -0.216. The molecule has 13 heavy (non-hydrogen) atoms. The quantitative estimate of drug-likeness (QED) is 0.488. The molecule has 0 fully saturated rings. The van der Waals surface area contributed by atoms with Crippen LogP contribution in [0.5, 0.6) is 0 Å². The van der Waals surface area contributed by atoms with Crippen LogP contribution in [-0.2, 0) is 9.53 Å². The van der Waals surface area contributed by atoms with Gasteiger partial charge in [-0.2, -0.15) is 0 Å². The molecule has 70 valence electrons. The first kappa shape index (κ1) is 9.78. The fourth-order valence-electron chi connectivity index (χ4n) is 1.24. The standard InChI is InChI=1S/C11H14O2/c1-3-5-7-10-8-9(6-4-2)11(12)13-10/h3-4,6,8,10H,1,5,7H2,2H3/b6-4+/t10-/m0/s1. The second kappa shape index (κ2) is 4.65. The molecule has 1 aliphatic heterocycles. The minimum Gasteiger partial charge on any atom is -0.454 e. The molecular weight excluding hydrogens is 164 g/mol. The lowest BCUT2D eigenvalue weighted by Gasteiger charge is -2.04. The molecule has 1 atom stereocenters. The molecule has 0 aliphatic carbocycles. The Morgan fingerprint density at radius 1 is 1.69 bits per heavy atom. The van der Waals surface area contributed by atoms with Gasteiger partial charge in [-0.05, 0) is 25.8 Å². The Morgan fingerprint density at radius 3 is 3.08 bits per heavy atom. The number of carbonyl (C=O) groups excluding carboxylic acids is 1. The lowest BCUT2D eigenvalue weighted by Crippen LogP contribution is -2.07. The number of hydrogen-bond acceptors (Lipinski definition) is 2. The third-order valence-electron chi connectivity index (χ3n) is 1.86. The molecule has 0 aromatic heterocycles. The number of allylic oxidation sites excluding steroid dienone is 2. The zero-order valence-electron chi connectivity index (χ0n) is 7.82. The van der Waals surface area contributed by atoms with Crippen LogP contribution < -0.4 is 0 Å². The summed E-state index contributed by atoms with van der Waals surface area (Å²) < 4.78 is 5.10. The fourth-order valence-corrected chi connectivity index (χ4v) is 1.24. The van der Waals surface area contributed by atoms with Crippen LogP contribution in [0.3, 0.4) is 0 Å². The van der Waals surface area contributed by atoms with Gasteiger partial charge in [0.1, 0.15) is 6.10 Å². The van der Waals surface area contributed by atoms with Crippen molar-refractivity contribution < 1.29 is 9.53 Å². The van der Waals surface area contributed by atoms with Gasteiger partial charge in [0.2, 0.25) is 0 Å². The van der Waals surface area contributed by atoms with Crippen molar-refractivity contribution in [1.29, 1.82) is 0 Å². The Balaban J connectivity index is 2.55. The molecule has 2 heteroatoms. The van der Waals surface area contributed by atoms with Crippen LogP contribution in [0.2, 0.25) is 0 Å². The van der Waals surface area contributed by atoms with Crippen molar-refractivity contribution in [3.05, 3.63) is 36.5 Å². The highest BCUT2D eigenvalue weighted by molar-refractivity contribution is 5.93. The Bertz CT molecular complexity index is 261. The maximum Gasteiger partial charge on any atom is 0.338 e. The average molecular weight is 178 g/mol. The zero-order chi connectivity index (χ0) is 9.68. The Kier molecular flexibility index (Phi) is 3.50. The largest absolute Gasteiger partial charge is 0.454 e. The third kappa shape index (κ3) is 2.58. The van der Waals surface area contributed by atoms with E-state index in [2.05, 4.69) is 6.58 Å². The fraction of sp³-hybridized carbons (Fsp3) is 0.364. The molecule has 0 unspecified atom stereocenters. The van der Waals surface area contributed by atoms with Crippen LogP contribution in [0.1, 0.15) is 19.8 Å². The summed E-state index contributed by atoms with van der Waals surface area (Å²) in [7, 11) is 0. The first-order chi connectivity index (χ1) is 6.27. The maximum atomic E-state index is 11.2. The van der Waals surface area contributed by atoms with E-state index in [1.54, 1.807) is 6.08 Å². The molecule has 1 rings (SSSR count). The van der Waals surface area contributed by atoms with Crippen molar-refractivity contribution in [2.45, 2.75) is 25.9 Å². The summed E-state index contributed by atoms with van der Waals surface area (Å²) in [6.45, 7) is 5.50. The van der Waals surface area contributed by atoms with E-state index in [1.807, 2.05) is 25.2 Å². The SMILES string of the molecule is C=CCC[C@H]1C=C(/C=C/C)C(=O)O1. The molecule has 0 amide bonds. The molecule has 1 heterocycles. The minimum absolute atomic E-state index is 0.0586. The molecule has 0 bridgehead atoms. The van der Waals surface area contributed by atoms with Gasteiger partial charge in [0.05, 0.1) is 5.57 Å². The van der Waals surface area contributed by atoms with Crippen LogP contribution in [-0.4, -0.2) is 12.1 Å². The monoisotopic (exact) mass is 178 g/mol. The van der Waals surface area contributed by atoms with Gasteiger partial charge in [0.25, 0.3) is 0 Å². The molecular formula is C11H14O2. The van der Waals surface area contributed by atoms with Gasteiger partial charge < -0.3 is 4.74 Å². The van der Waals surface area contributed by atoms with E-state index < -0.39 is 0 Å². The van der Waals surface area contributed by atoms with E-state index in [0.29, 0.717) is 5.57 Å². The van der Waals surface area contributed by atoms with E-state index in [1.165, 1.54) is 0 Å². The van der Waals surface area contributed by atoms with E-state index >= 15 is 0 Å². The number of ether oxygens (including phenoxy) is 1. The van der Waals surface area contributed by atoms with Gasteiger partial charge >= 0.3 is 5.97 Å². The molecule has 0 radical (unpaired) electrons. The van der Waals surface area contributed by atoms with Gasteiger partial charge in [-0.3, -0.25) is 0 Å². The summed E-state index contributed by atoms with van der Waals surface area (Å²) in [5, 5.41) is 0. The van der Waals surface area contributed by atoms with Crippen molar-refractivity contribution in [1.82, 2.24) is 0 Å². The van der Waals surface area contributed by atoms with E-state index in [0.717, 1.165) is 12.8 Å². The number of hydrogen-bond donors (Lipinski definition) is 0. The predicted octanol–water partition coefficient (Wildman–Crippen LogP) is 2.38. The lowest BCUT2D eigenvalue weighted by molar-refractivity contribution is -0.139. The van der Waals surface area contributed by atoms with Gasteiger partial charge in [-0.1, -0.05) is 18.2 Å². The summed E-state index contributed by atoms with van der Waals surface area (Å²) >= 11 is 0. The van der Waals surface area contributed by atoms with Crippen LogP contribution in [0.15, 0.2) is 36.5 Å². The van der Waals surface area contributed by atoms with Crippen molar-refractivity contribution in [2.75, 3.05) is 0 Å². The highest BCUT2D eigenvalue weighted by Crippen LogP contribution is 2.18. The van der Waals surface area contributed by atoms with E-state index in [4.69, 9.17) is 4.74 Å². The summed E-state index contributed by atoms with van der Waals surface area (Å²) in [5.41, 5.74) is 0.663. The summed E-state index contributed by atoms with van der Waals surface area (Å²) in [6.07, 6.45) is 8.95. The maximum absolute atomic E-state index is 11.2. The second-order valence-corrected chi connectivity index (χ2v) is 2.93. The Labute approximate surface area is 78.6 Å². The van der Waals surface area contributed by atoms with Crippen LogP contribution in [0.4, 0.5) is 0 Å². The summed E-state index contributed by atoms with van der Waals surface area (Å²) in [5.74, 6) is -0.216. The predicted molar refractivity (Wildman–Crippen MR) is 52.2 cm³/mol. The Morgan fingerprint density at radius 2 is 2.46 bits per heavy atom. The van der Waals surface area contributed by atoms with Gasteiger partial charge in [-0.25, -0.2) is 4.79 Å². The number of rotatable bonds is 4. The normalized spacial score (nSPS) is 21.8. The molecule has 0 aromatic rings. The topological polar surface area (TPSA) is 26.3 Å². The van der Waals surface area contributed by atoms with Crippen molar-refractivity contribution in [2.24, 2.45) is 0 Å². The highest BCUT2D eigenvalue weighted by atomic mass is 16.5. The van der Waals surface area contributed by atoms with Crippen LogP contribution in [0, 0.1) is 0 Å². The first-order valence-corrected chi connectivity index (χ1v) is 4.44. The van der Waals surface area contributed by atoms with Crippen LogP contribution in [0.25, 0.3) is 0 Å². The smallest absolute Gasteiger partial charge is 0.338 e. The van der Waals surface area contributed by atoms with Gasteiger partial charge in [0.15, 0.2) is 0 Å². The number of cyclic esters (lactones) is 1. The average Bonchev–Trinajstić information content (AvgIpc) is 2.45. The van der Waals surface area contributed by atoms with E-state index in [-0.39, 0.29) is 12.1 Å². The van der Waals surface area contributed by atoms with Crippen molar-refractivity contribution >= 4 is 5.97 Å². The third-order valence-corrected chi connectivity index (χ3v) is 1.86. The van der Waals surface area contributed by atoms with Crippen molar-refractivity contribution in [3.8, 4) is 0 Å².